The molecular formula is C17H24N2O2. The van der Waals surface area contributed by atoms with E-state index in [0.29, 0.717) is 11.7 Å². The Kier molecular flexibility index (Phi) is 4.44. The number of phenolic OH excluding ortho intramolecular Hbond substituents is 1. The van der Waals surface area contributed by atoms with Gasteiger partial charge in [0.15, 0.2) is 0 Å². The molecule has 2 aliphatic rings. The highest BCUT2D eigenvalue weighted by molar-refractivity contribution is 5.79. The third-order valence-corrected chi connectivity index (χ3v) is 4.66. The minimum absolute atomic E-state index is 0.141. The summed E-state index contributed by atoms with van der Waals surface area (Å²) in [5.41, 5.74) is 0.951. The van der Waals surface area contributed by atoms with E-state index in [1.807, 2.05) is 23.1 Å². The number of para-hydroxylation sites is 1. The van der Waals surface area contributed by atoms with Crippen molar-refractivity contribution in [3.8, 4) is 5.75 Å². The number of rotatable bonds is 3. The maximum absolute atomic E-state index is 12.5. The first-order valence-electron chi connectivity index (χ1n) is 8.02. The molecule has 4 heteroatoms. The van der Waals surface area contributed by atoms with Crippen molar-refractivity contribution in [1.82, 2.24) is 9.80 Å². The Labute approximate surface area is 126 Å². The van der Waals surface area contributed by atoms with Gasteiger partial charge in [0.05, 0.1) is 5.92 Å². The number of amides is 1. The normalized spacial score (nSPS) is 23.4. The lowest BCUT2D eigenvalue weighted by atomic mass is 9.96. The molecule has 3 rings (SSSR count). The van der Waals surface area contributed by atoms with Crippen LogP contribution in [0.5, 0.6) is 5.75 Å². The van der Waals surface area contributed by atoms with Gasteiger partial charge in [0.2, 0.25) is 5.91 Å². The molecule has 114 valence electrons. The fourth-order valence-corrected chi connectivity index (χ4v) is 3.48. The van der Waals surface area contributed by atoms with E-state index >= 15 is 0 Å². The lowest BCUT2D eigenvalue weighted by Gasteiger charge is -2.34. The summed E-state index contributed by atoms with van der Waals surface area (Å²) in [6.07, 6.45) is 4.38. The number of aromatic hydroxyl groups is 1. The highest BCUT2D eigenvalue weighted by Gasteiger charge is 2.30. The maximum Gasteiger partial charge on any atom is 0.226 e. The minimum atomic E-state index is 0.141. The van der Waals surface area contributed by atoms with Crippen LogP contribution < -0.4 is 0 Å². The van der Waals surface area contributed by atoms with Crippen LogP contribution in [-0.4, -0.2) is 47.0 Å². The zero-order valence-electron chi connectivity index (χ0n) is 12.5. The quantitative estimate of drug-likeness (QED) is 0.927. The molecule has 1 aromatic rings. The number of likely N-dealkylation sites (tertiary alicyclic amines) is 2. The number of carbonyl (C=O) groups excluding carboxylic acids is 1. The summed E-state index contributed by atoms with van der Waals surface area (Å²) in [4.78, 5) is 16.9. The number of nitrogens with zero attached hydrogens (tertiary/aromatic N) is 2. The van der Waals surface area contributed by atoms with E-state index in [0.717, 1.165) is 64.0 Å². The summed E-state index contributed by atoms with van der Waals surface area (Å²) < 4.78 is 0. The van der Waals surface area contributed by atoms with Crippen LogP contribution in [0.3, 0.4) is 0 Å². The topological polar surface area (TPSA) is 43.8 Å². The number of phenols is 1. The van der Waals surface area contributed by atoms with Crippen LogP contribution in [0.4, 0.5) is 0 Å². The average molecular weight is 288 g/mol. The minimum Gasteiger partial charge on any atom is -0.508 e. The van der Waals surface area contributed by atoms with Crippen molar-refractivity contribution in [2.75, 3.05) is 26.2 Å². The molecule has 1 amide bonds. The zero-order valence-corrected chi connectivity index (χ0v) is 12.5. The highest BCUT2D eigenvalue weighted by atomic mass is 16.3. The molecule has 4 nitrogen and oxygen atoms in total. The lowest BCUT2D eigenvalue weighted by Crippen LogP contribution is -2.43. The van der Waals surface area contributed by atoms with Crippen molar-refractivity contribution in [2.45, 2.75) is 32.2 Å². The van der Waals surface area contributed by atoms with Crippen LogP contribution >= 0.6 is 0 Å². The molecule has 1 N–H and O–H groups in total. The van der Waals surface area contributed by atoms with Gasteiger partial charge in [-0.25, -0.2) is 0 Å². The van der Waals surface area contributed by atoms with Crippen LogP contribution in [-0.2, 0) is 11.3 Å². The lowest BCUT2D eigenvalue weighted by molar-refractivity contribution is -0.136. The molecule has 2 aliphatic heterocycles. The molecule has 1 atom stereocenters. The maximum atomic E-state index is 12.5. The van der Waals surface area contributed by atoms with Crippen LogP contribution in [0.25, 0.3) is 0 Å². The number of hydrogen-bond donors (Lipinski definition) is 1. The van der Waals surface area contributed by atoms with Crippen molar-refractivity contribution < 1.29 is 9.90 Å². The Hall–Kier alpha value is -1.55. The summed E-state index contributed by atoms with van der Waals surface area (Å²) in [6, 6.07) is 7.48. The molecule has 0 spiro atoms. The predicted molar refractivity (Wildman–Crippen MR) is 81.9 cm³/mol. The monoisotopic (exact) mass is 288 g/mol. The van der Waals surface area contributed by atoms with Crippen LogP contribution in [0, 0.1) is 5.92 Å². The van der Waals surface area contributed by atoms with Crippen molar-refractivity contribution in [3.05, 3.63) is 29.8 Å². The van der Waals surface area contributed by atoms with Gasteiger partial charge in [-0.05, 0) is 38.3 Å². The molecule has 0 aromatic heterocycles. The largest absolute Gasteiger partial charge is 0.508 e. The fraction of sp³-hybridized carbons (Fsp3) is 0.588. The Morgan fingerprint density at radius 3 is 2.67 bits per heavy atom. The summed E-state index contributed by atoms with van der Waals surface area (Å²) in [6.45, 7) is 4.45. The van der Waals surface area contributed by atoms with Gasteiger partial charge in [-0.15, -0.1) is 0 Å². The Morgan fingerprint density at radius 1 is 1.14 bits per heavy atom. The second-order valence-corrected chi connectivity index (χ2v) is 6.24. The van der Waals surface area contributed by atoms with Crippen LogP contribution in [0.15, 0.2) is 24.3 Å². The molecule has 0 aliphatic carbocycles. The third kappa shape index (κ3) is 3.38. The van der Waals surface area contributed by atoms with E-state index in [1.165, 1.54) is 0 Å². The second-order valence-electron chi connectivity index (χ2n) is 6.24. The summed E-state index contributed by atoms with van der Waals surface area (Å²) >= 11 is 0. The molecule has 2 saturated heterocycles. The SMILES string of the molecule is O=C(C1CCCN(Cc2ccccc2O)C1)N1CCCC1. The highest BCUT2D eigenvalue weighted by Crippen LogP contribution is 2.24. The van der Waals surface area contributed by atoms with Gasteiger partial charge in [-0.3, -0.25) is 9.69 Å². The average Bonchev–Trinajstić information content (AvgIpc) is 3.03. The van der Waals surface area contributed by atoms with Gasteiger partial charge in [0, 0.05) is 31.7 Å². The zero-order chi connectivity index (χ0) is 14.7. The van der Waals surface area contributed by atoms with Gasteiger partial charge in [-0.1, -0.05) is 18.2 Å². The van der Waals surface area contributed by atoms with E-state index < -0.39 is 0 Å². The van der Waals surface area contributed by atoms with E-state index in [-0.39, 0.29) is 5.92 Å². The molecule has 2 heterocycles. The Balaban J connectivity index is 1.60. The first-order chi connectivity index (χ1) is 10.2. The summed E-state index contributed by atoms with van der Waals surface area (Å²) in [5.74, 6) is 0.836. The van der Waals surface area contributed by atoms with Crippen molar-refractivity contribution in [1.29, 1.82) is 0 Å². The first-order valence-corrected chi connectivity index (χ1v) is 8.02. The van der Waals surface area contributed by atoms with Crippen molar-refractivity contribution >= 4 is 5.91 Å². The van der Waals surface area contributed by atoms with Gasteiger partial charge in [0.1, 0.15) is 5.75 Å². The third-order valence-electron chi connectivity index (χ3n) is 4.66. The smallest absolute Gasteiger partial charge is 0.226 e. The van der Waals surface area contributed by atoms with Gasteiger partial charge in [-0.2, -0.15) is 0 Å². The fourth-order valence-electron chi connectivity index (χ4n) is 3.48. The summed E-state index contributed by atoms with van der Waals surface area (Å²) in [5, 5.41) is 9.89. The Bertz CT molecular complexity index is 497. The van der Waals surface area contributed by atoms with Crippen molar-refractivity contribution in [3.63, 3.8) is 0 Å². The summed E-state index contributed by atoms with van der Waals surface area (Å²) in [7, 11) is 0. The molecule has 1 aromatic carbocycles. The van der Waals surface area contributed by atoms with E-state index in [1.54, 1.807) is 6.07 Å². The molecule has 21 heavy (non-hydrogen) atoms. The van der Waals surface area contributed by atoms with Gasteiger partial charge >= 0.3 is 0 Å². The van der Waals surface area contributed by atoms with Crippen LogP contribution in [0.1, 0.15) is 31.2 Å². The Morgan fingerprint density at radius 2 is 1.90 bits per heavy atom. The molecule has 0 bridgehead atoms. The van der Waals surface area contributed by atoms with Gasteiger partial charge in [0.25, 0.3) is 0 Å². The number of hydrogen-bond acceptors (Lipinski definition) is 3. The van der Waals surface area contributed by atoms with Gasteiger partial charge < -0.3 is 10.0 Å². The molecule has 0 radical (unpaired) electrons. The van der Waals surface area contributed by atoms with E-state index in [2.05, 4.69) is 4.90 Å². The molecular weight excluding hydrogens is 264 g/mol. The van der Waals surface area contributed by atoms with E-state index in [9.17, 15) is 9.90 Å². The standard InChI is InChI=1S/C17H24N2O2/c20-16-8-2-1-6-14(16)12-18-9-5-7-15(13-18)17(21)19-10-3-4-11-19/h1-2,6,8,15,20H,3-5,7,9-13H2. The molecule has 0 saturated carbocycles. The molecule has 1 unspecified atom stereocenters. The number of piperidine rings is 1. The van der Waals surface area contributed by atoms with E-state index in [4.69, 9.17) is 0 Å². The second kappa shape index (κ2) is 6.48. The first kappa shape index (κ1) is 14.4. The van der Waals surface area contributed by atoms with Crippen molar-refractivity contribution in [2.24, 2.45) is 5.92 Å². The number of carbonyl (C=O) groups is 1. The molecule has 2 fully saturated rings. The van der Waals surface area contributed by atoms with Crippen LogP contribution in [0.2, 0.25) is 0 Å². The predicted octanol–water partition coefficient (Wildman–Crippen LogP) is 2.23. The number of benzene rings is 1.